The van der Waals surface area contributed by atoms with E-state index >= 15 is 0 Å². The van der Waals surface area contributed by atoms with Gasteiger partial charge in [-0.15, -0.1) is 10.2 Å². The molecule has 0 spiro atoms. The van der Waals surface area contributed by atoms with Crippen molar-refractivity contribution in [1.82, 2.24) is 10.2 Å². The van der Waals surface area contributed by atoms with Gasteiger partial charge in [0.25, 0.3) is 0 Å². The van der Waals surface area contributed by atoms with Crippen molar-refractivity contribution in [3.05, 3.63) is 18.2 Å². The highest BCUT2D eigenvalue weighted by atomic mass is 32.2. The lowest BCUT2D eigenvalue weighted by Gasteiger charge is -2.11. The molecule has 7 heteroatoms. The zero-order chi connectivity index (χ0) is 14.7. The smallest absolute Gasteiger partial charge is 0.208 e. The van der Waals surface area contributed by atoms with Crippen LogP contribution in [-0.4, -0.2) is 30.4 Å². The van der Waals surface area contributed by atoms with E-state index in [-0.39, 0.29) is 6.10 Å². The minimum absolute atomic E-state index is 0.122. The van der Waals surface area contributed by atoms with Crippen LogP contribution in [0.3, 0.4) is 0 Å². The highest BCUT2D eigenvalue weighted by molar-refractivity contribution is 8.01. The number of ether oxygens (including phenoxy) is 1. The third-order valence-electron chi connectivity index (χ3n) is 2.26. The van der Waals surface area contributed by atoms with Crippen molar-refractivity contribution in [2.75, 3.05) is 24.7 Å². The van der Waals surface area contributed by atoms with E-state index in [2.05, 4.69) is 10.2 Å². The predicted octanol–water partition coefficient (Wildman–Crippen LogP) is 3.12. The molecular weight excluding hydrogens is 292 g/mol. The van der Waals surface area contributed by atoms with Crippen LogP contribution >= 0.6 is 23.1 Å². The largest absolute Gasteiger partial charge is 0.491 e. The maximum absolute atomic E-state index is 5.91. The van der Waals surface area contributed by atoms with Crippen molar-refractivity contribution >= 4 is 33.9 Å². The van der Waals surface area contributed by atoms with E-state index in [0.29, 0.717) is 5.69 Å². The van der Waals surface area contributed by atoms with E-state index in [0.717, 1.165) is 20.1 Å². The Labute approximate surface area is 127 Å². The van der Waals surface area contributed by atoms with Gasteiger partial charge in [0.05, 0.1) is 6.10 Å². The fourth-order valence-electron chi connectivity index (χ4n) is 1.52. The molecule has 2 aromatic rings. The number of nitrogens with zero attached hydrogens (tertiary/aromatic N) is 3. The summed E-state index contributed by atoms with van der Waals surface area (Å²) in [5.74, 6) is 0.778. The summed E-state index contributed by atoms with van der Waals surface area (Å²) in [7, 11) is 3.90. The molecule has 2 rings (SSSR count). The summed E-state index contributed by atoms with van der Waals surface area (Å²) in [6.45, 7) is 3.98. The van der Waals surface area contributed by atoms with E-state index in [1.54, 1.807) is 11.3 Å². The van der Waals surface area contributed by atoms with E-state index in [1.165, 1.54) is 11.8 Å². The summed E-state index contributed by atoms with van der Waals surface area (Å²) >= 11 is 3.09. The quantitative estimate of drug-likeness (QED) is 0.856. The lowest BCUT2D eigenvalue weighted by atomic mass is 10.3. The predicted molar refractivity (Wildman–Crippen MR) is 85.0 cm³/mol. The van der Waals surface area contributed by atoms with Crippen molar-refractivity contribution < 1.29 is 4.74 Å². The average molecular weight is 310 g/mol. The maximum atomic E-state index is 5.91. The second-order valence-electron chi connectivity index (χ2n) is 4.75. The van der Waals surface area contributed by atoms with E-state index in [1.807, 2.05) is 51.0 Å². The molecular formula is C13H18N4OS2. The van der Waals surface area contributed by atoms with Crippen molar-refractivity contribution in [3.63, 3.8) is 0 Å². The molecule has 0 amide bonds. The Balaban J connectivity index is 2.17. The summed E-state index contributed by atoms with van der Waals surface area (Å²) in [5.41, 5.74) is 6.59. The van der Waals surface area contributed by atoms with Crippen LogP contribution < -0.4 is 15.4 Å². The fraction of sp³-hybridized carbons (Fsp3) is 0.385. The first-order valence-corrected chi connectivity index (χ1v) is 7.83. The third-order valence-corrected chi connectivity index (χ3v) is 4.37. The molecule has 108 valence electrons. The molecule has 0 aliphatic heterocycles. The van der Waals surface area contributed by atoms with Crippen molar-refractivity contribution in [3.8, 4) is 5.75 Å². The number of rotatable bonds is 5. The average Bonchev–Trinajstić information content (AvgIpc) is 2.75. The van der Waals surface area contributed by atoms with Gasteiger partial charge in [0.1, 0.15) is 5.75 Å². The van der Waals surface area contributed by atoms with Gasteiger partial charge in [-0.2, -0.15) is 0 Å². The van der Waals surface area contributed by atoms with Crippen LogP contribution in [0.15, 0.2) is 27.4 Å². The van der Waals surface area contributed by atoms with Crippen LogP contribution in [0.25, 0.3) is 0 Å². The fourth-order valence-corrected chi connectivity index (χ4v) is 3.35. The van der Waals surface area contributed by atoms with Crippen molar-refractivity contribution in [2.24, 2.45) is 0 Å². The first-order chi connectivity index (χ1) is 9.44. The summed E-state index contributed by atoms with van der Waals surface area (Å²) in [4.78, 5) is 2.94. The van der Waals surface area contributed by atoms with Crippen LogP contribution in [0.2, 0.25) is 0 Å². The molecule has 2 N–H and O–H groups in total. The molecule has 0 saturated carbocycles. The number of aromatic nitrogens is 2. The second kappa shape index (κ2) is 6.32. The van der Waals surface area contributed by atoms with Crippen LogP contribution in [-0.2, 0) is 0 Å². The van der Waals surface area contributed by atoms with Gasteiger partial charge in [0, 0.05) is 30.7 Å². The molecule has 0 unspecified atom stereocenters. The highest BCUT2D eigenvalue weighted by Gasteiger charge is 2.09. The zero-order valence-corrected chi connectivity index (χ0v) is 13.6. The molecule has 0 aliphatic rings. The monoisotopic (exact) mass is 310 g/mol. The van der Waals surface area contributed by atoms with Gasteiger partial charge in [-0.3, -0.25) is 0 Å². The van der Waals surface area contributed by atoms with Crippen LogP contribution in [0.4, 0.5) is 10.8 Å². The zero-order valence-electron chi connectivity index (χ0n) is 12.0. The lowest BCUT2D eigenvalue weighted by Crippen LogP contribution is -2.07. The molecule has 1 heterocycles. The summed E-state index contributed by atoms with van der Waals surface area (Å²) in [6.07, 6.45) is 0.122. The Hall–Kier alpha value is -1.47. The molecule has 0 aliphatic carbocycles. The molecule has 1 aromatic carbocycles. The third kappa shape index (κ3) is 4.01. The Morgan fingerprint density at radius 2 is 2.00 bits per heavy atom. The molecule has 5 nitrogen and oxygen atoms in total. The maximum Gasteiger partial charge on any atom is 0.208 e. The SMILES string of the molecule is CC(C)Oc1cc(N)cc(Sc2nnc(N(C)C)s2)c1. The molecule has 20 heavy (non-hydrogen) atoms. The van der Waals surface area contributed by atoms with Gasteiger partial charge in [-0.05, 0) is 26.0 Å². The minimum Gasteiger partial charge on any atom is -0.491 e. The van der Waals surface area contributed by atoms with Gasteiger partial charge in [0.15, 0.2) is 4.34 Å². The first-order valence-electron chi connectivity index (χ1n) is 6.20. The topological polar surface area (TPSA) is 64.3 Å². The number of anilines is 2. The molecule has 0 saturated heterocycles. The van der Waals surface area contributed by atoms with E-state index in [9.17, 15) is 0 Å². The van der Waals surface area contributed by atoms with E-state index in [4.69, 9.17) is 10.5 Å². The Morgan fingerprint density at radius 3 is 2.60 bits per heavy atom. The summed E-state index contributed by atoms with van der Waals surface area (Å²) in [6, 6.07) is 5.71. The van der Waals surface area contributed by atoms with Crippen LogP contribution in [0, 0.1) is 0 Å². The molecule has 0 bridgehead atoms. The van der Waals surface area contributed by atoms with Gasteiger partial charge >= 0.3 is 0 Å². The number of hydrogen-bond acceptors (Lipinski definition) is 7. The number of hydrogen-bond donors (Lipinski definition) is 1. The summed E-state index contributed by atoms with van der Waals surface area (Å²) in [5, 5.41) is 9.16. The highest BCUT2D eigenvalue weighted by Crippen LogP contribution is 2.35. The molecule has 0 fully saturated rings. The van der Waals surface area contributed by atoms with Gasteiger partial charge in [-0.25, -0.2) is 0 Å². The van der Waals surface area contributed by atoms with Crippen LogP contribution in [0.5, 0.6) is 5.75 Å². The molecule has 0 atom stereocenters. The van der Waals surface area contributed by atoms with E-state index < -0.39 is 0 Å². The van der Waals surface area contributed by atoms with Gasteiger partial charge < -0.3 is 15.4 Å². The Kier molecular flexibility index (Phi) is 4.72. The van der Waals surface area contributed by atoms with Crippen molar-refractivity contribution in [1.29, 1.82) is 0 Å². The Bertz CT molecular complexity index is 584. The van der Waals surface area contributed by atoms with Gasteiger partial charge in [0.2, 0.25) is 5.13 Å². The first kappa shape index (κ1) is 14.9. The minimum atomic E-state index is 0.122. The second-order valence-corrected chi connectivity index (χ2v) is 7.03. The van der Waals surface area contributed by atoms with Gasteiger partial charge in [-0.1, -0.05) is 23.1 Å². The van der Waals surface area contributed by atoms with Crippen LogP contribution in [0.1, 0.15) is 13.8 Å². The number of nitrogens with two attached hydrogens (primary N) is 1. The standard InChI is InChI=1S/C13H18N4OS2/c1-8(2)18-10-5-9(14)6-11(7-10)19-13-16-15-12(20-13)17(3)4/h5-8H,14H2,1-4H3. The summed E-state index contributed by atoms with van der Waals surface area (Å²) < 4.78 is 6.57. The lowest BCUT2D eigenvalue weighted by molar-refractivity contribution is 0.242. The molecule has 0 radical (unpaired) electrons. The number of benzene rings is 1. The Morgan fingerprint density at radius 1 is 1.25 bits per heavy atom. The number of nitrogen functional groups attached to an aromatic ring is 1. The van der Waals surface area contributed by atoms with Crippen molar-refractivity contribution in [2.45, 2.75) is 29.2 Å². The molecule has 1 aromatic heterocycles. The normalized spacial score (nSPS) is 10.8.